The minimum Gasteiger partial charge on any atom is -0.481 e. The number of nitrogens with zero attached hydrogens (tertiary/aromatic N) is 2. The van der Waals surface area contributed by atoms with Crippen LogP contribution < -0.4 is 4.90 Å². The van der Waals surface area contributed by atoms with E-state index < -0.39 is 33.6 Å². The number of aliphatic carboxylic acids is 1. The maximum Gasteiger partial charge on any atom is 0.303 e. The smallest absolute Gasteiger partial charge is 0.303 e. The fraction of sp³-hybridized carbons (Fsp3) is 0.438. The summed E-state index contributed by atoms with van der Waals surface area (Å²) in [7, 11) is -3.21. The summed E-state index contributed by atoms with van der Waals surface area (Å²) in [5, 5.41) is 8.66. The highest BCUT2D eigenvalue weighted by molar-refractivity contribution is 8.16. The first-order chi connectivity index (χ1) is 12.2. The summed E-state index contributed by atoms with van der Waals surface area (Å²) in [5.74, 6) is -2.26. The fourth-order valence-corrected chi connectivity index (χ4v) is 6.91. The summed E-state index contributed by atoms with van der Waals surface area (Å²) in [6, 6.07) is 4.10. The first kappa shape index (κ1) is 18.8. The van der Waals surface area contributed by atoms with Gasteiger partial charge in [0.2, 0.25) is 5.91 Å². The number of aryl methyl sites for hydroxylation is 1. The summed E-state index contributed by atoms with van der Waals surface area (Å²) in [4.78, 5) is 28.1. The Labute approximate surface area is 154 Å². The number of benzene rings is 1. The number of carbonyl (C=O) groups excluding carboxylic acids is 1. The van der Waals surface area contributed by atoms with Crippen molar-refractivity contribution in [2.45, 2.75) is 31.1 Å². The van der Waals surface area contributed by atoms with Crippen LogP contribution in [0.15, 0.2) is 23.2 Å². The number of carboxylic acid groups (broad SMARTS) is 1. The zero-order valence-corrected chi connectivity index (χ0v) is 15.5. The molecule has 2 heterocycles. The topological polar surface area (TPSA) is 104 Å². The number of sulfone groups is 1. The van der Waals surface area contributed by atoms with Gasteiger partial charge in [0.05, 0.1) is 24.0 Å². The lowest BCUT2D eigenvalue weighted by atomic mass is 10.1. The third-order valence-electron chi connectivity index (χ3n) is 4.27. The van der Waals surface area contributed by atoms with E-state index in [1.54, 1.807) is 24.0 Å². The molecular formula is C16H17FN2O5S2. The van der Waals surface area contributed by atoms with Crippen molar-refractivity contribution < 1.29 is 27.5 Å². The molecule has 2 saturated heterocycles. The molecule has 26 heavy (non-hydrogen) atoms. The van der Waals surface area contributed by atoms with Crippen molar-refractivity contribution in [3.63, 3.8) is 0 Å². The average molecular weight is 400 g/mol. The van der Waals surface area contributed by atoms with E-state index in [0.717, 1.165) is 0 Å². The molecule has 7 nitrogen and oxygen atoms in total. The second-order valence-corrected chi connectivity index (χ2v) is 9.65. The zero-order valence-electron chi connectivity index (χ0n) is 13.9. The lowest BCUT2D eigenvalue weighted by molar-refractivity contribution is -0.138. The summed E-state index contributed by atoms with van der Waals surface area (Å²) in [6.07, 6.45) is -0.580. The molecule has 2 fully saturated rings. The maximum absolute atomic E-state index is 14.0. The number of carboxylic acids is 1. The van der Waals surface area contributed by atoms with Crippen LogP contribution in [0.4, 0.5) is 10.1 Å². The summed E-state index contributed by atoms with van der Waals surface area (Å²) < 4.78 is 37.9. The molecule has 1 aromatic rings. The normalized spacial score (nSPS) is 25.5. The molecular weight excluding hydrogens is 383 g/mol. The van der Waals surface area contributed by atoms with E-state index in [4.69, 9.17) is 5.11 Å². The van der Waals surface area contributed by atoms with Gasteiger partial charge in [0.1, 0.15) is 5.82 Å². The molecule has 1 amide bonds. The minimum absolute atomic E-state index is 0.0322. The van der Waals surface area contributed by atoms with Crippen molar-refractivity contribution in [2.75, 3.05) is 16.4 Å². The number of hydrogen-bond donors (Lipinski definition) is 1. The first-order valence-corrected chi connectivity index (χ1v) is 10.6. The van der Waals surface area contributed by atoms with Gasteiger partial charge < -0.3 is 10.0 Å². The van der Waals surface area contributed by atoms with Gasteiger partial charge in [-0.1, -0.05) is 17.8 Å². The summed E-state index contributed by atoms with van der Waals surface area (Å²) >= 11 is 1.17. The first-order valence-electron chi connectivity index (χ1n) is 7.92. The third kappa shape index (κ3) is 3.90. The molecule has 0 aliphatic carbocycles. The highest BCUT2D eigenvalue weighted by atomic mass is 32.2. The number of aliphatic imine (C=N–C) groups is 1. The Balaban J connectivity index is 1.94. The highest BCUT2D eigenvalue weighted by Gasteiger charge is 2.49. The quantitative estimate of drug-likeness (QED) is 0.819. The lowest BCUT2D eigenvalue weighted by Gasteiger charge is -2.24. The fourth-order valence-electron chi connectivity index (χ4n) is 2.97. The van der Waals surface area contributed by atoms with E-state index in [1.165, 1.54) is 17.8 Å². The second-order valence-electron chi connectivity index (χ2n) is 6.29. The number of amidine groups is 1. The van der Waals surface area contributed by atoms with Gasteiger partial charge in [0.15, 0.2) is 15.0 Å². The van der Waals surface area contributed by atoms with Gasteiger partial charge in [-0.3, -0.25) is 9.59 Å². The van der Waals surface area contributed by atoms with Crippen LogP contribution in [-0.2, 0) is 19.4 Å². The molecule has 1 N–H and O–H groups in total. The van der Waals surface area contributed by atoms with Crippen LogP contribution in [0, 0.1) is 12.7 Å². The molecule has 0 bridgehead atoms. The van der Waals surface area contributed by atoms with Crippen LogP contribution in [-0.4, -0.2) is 53.4 Å². The number of fused-ring (bicyclic) bond motifs is 1. The van der Waals surface area contributed by atoms with Crippen molar-refractivity contribution in [1.29, 1.82) is 0 Å². The van der Waals surface area contributed by atoms with Crippen molar-refractivity contribution in [2.24, 2.45) is 4.99 Å². The van der Waals surface area contributed by atoms with E-state index in [0.29, 0.717) is 11.3 Å². The number of amides is 1. The molecule has 140 valence electrons. The van der Waals surface area contributed by atoms with E-state index in [2.05, 4.69) is 4.99 Å². The lowest BCUT2D eigenvalue weighted by Crippen LogP contribution is -2.37. The second kappa shape index (κ2) is 6.99. The molecule has 10 heteroatoms. The van der Waals surface area contributed by atoms with Gasteiger partial charge in [0, 0.05) is 17.4 Å². The predicted molar refractivity (Wildman–Crippen MR) is 96.7 cm³/mol. The molecule has 0 spiro atoms. The van der Waals surface area contributed by atoms with Crippen LogP contribution >= 0.6 is 11.8 Å². The molecule has 0 unspecified atom stereocenters. The molecule has 0 radical (unpaired) electrons. The SMILES string of the molecule is Cc1ccc(N2C(=NC(=O)CCC(=O)O)S[C@@H]3CS(=O)(=O)C[C@H]32)cc1F. The van der Waals surface area contributed by atoms with E-state index >= 15 is 0 Å². The van der Waals surface area contributed by atoms with Gasteiger partial charge in [-0.25, -0.2) is 12.8 Å². The average Bonchev–Trinajstić information content (AvgIpc) is 2.99. The Bertz CT molecular complexity index is 900. The molecule has 2 aliphatic heterocycles. The Morgan fingerprint density at radius 2 is 2.08 bits per heavy atom. The minimum atomic E-state index is -3.21. The monoisotopic (exact) mass is 400 g/mol. The third-order valence-corrected chi connectivity index (χ3v) is 7.48. The van der Waals surface area contributed by atoms with Crippen molar-refractivity contribution >= 4 is 44.3 Å². The zero-order chi connectivity index (χ0) is 19.1. The van der Waals surface area contributed by atoms with Gasteiger partial charge in [-0.05, 0) is 24.6 Å². The molecule has 3 rings (SSSR count). The molecule has 2 atom stereocenters. The van der Waals surface area contributed by atoms with E-state index in [-0.39, 0.29) is 34.8 Å². The van der Waals surface area contributed by atoms with E-state index in [1.807, 2.05) is 0 Å². The predicted octanol–water partition coefficient (Wildman–Crippen LogP) is 1.60. The maximum atomic E-state index is 14.0. The Hall–Kier alpha value is -1.94. The number of anilines is 1. The number of thioether (sulfide) groups is 1. The van der Waals surface area contributed by atoms with Crippen LogP contribution in [0.1, 0.15) is 18.4 Å². The number of carbonyl (C=O) groups is 2. The van der Waals surface area contributed by atoms with Crippen LogP contribution in [0.25, 0.3) is 0 Å². The van der Waals surface area contributed by atoms with Gasteiger partial charge in [-0.15, -0.1) is 0 Å². The van der Waals surface area contributed by atoms with Crippen LogP contribution in [0.3, 0.4) is 0 Å². The summed E-state index contributed by atoms with van der Waals surface area (Å²) in [6.45, 7) is 1.62. The number of halogens is 1. The largest absolute Gasteiger partial charge is 0.481 e. The van der Waals surface area contributed by atoms with Crippen LogP contribution in [0.2, 0.25) is 0 Å². The molecule has 2 aliphatic rings. The van der Waals surface area contributed by atoms with E-state index in [9.17, 15) is 22.4 Å². The molecule has 0 saturated carbocycles. The standard InChI is InChI=1S/C16H17FN2O5S2/c1-9-2-3-10(6-11(9)17)19-12-7-26(23,24)8-13(12)25-16(19)18-14(20)4-5-15(21)22/h2-3,6,12-13H,4-5,7-8H2,1H3,(H,21,22)/t12-,13-/m1/s1. The van der Waals surface area contributed by atoms with Gasteiger partial charge in [0.25, 0.3) is 0 Å². The number of hydrogen-bond acceptors (Lipinski definition) is 5. The molecule has 0 aromatic heterocycles. The highest BCUT2D eigenvalue weighted by Crippen LogP contribution is 2.41. The number of rotatable bonds is 4. The van der Waals surface area contributed by atoms with Crippen molar-refractivity contribution in [1.82, 2.24) is 0 Å². The summed E-state index contributed by atoms with van der Waals surface area (Å²) in [5.41, 5.74) is 0.877. The van der Waals surface area contributed by atoms with Gasteiger partial charge in [-0.2, -0.15) is 4.99 Å². The Morgan fingerprint density at radius 3 is 2.73 bits per heavy atom. The molecule has 1 aromatic carbocycles. The van der Waals surface area contributed by atoms with Crippen LogP contribution in [0.5, 0.6) is 0 Å². The van der Waals surface area contributed by atoms with Gasteiger partial charge >= 0.3 is 5.97 Å². The Morgan fingerprint density at radius 1 is 1.35 bits per heavy atom. The van der Waals surface area contributed by atoms with Crippen molar-refractivity contribution in [3.05, 3.63) is 29.6 Å². The Kier molecular flexibility index (Phi) is 5.07. The van der Waals surface area contributed by atoms with Crippen molar-refractivity contribution in [3.8, 4) is 0 Å².